The minimum atomic E-state index is -1.34. The second-order valence-corrected chi connectivity index (χ2v) is 6.91. The molecule has 154 valence electrons. The first-order valence-corrected chi connectivity index (χ1v) is 8.88. The third-order valence-corrected chi connectivity index (χ3v) is 4.64. The van der Waals surface area contributed by atoms with Gasteiger partial charge < -0.3 is 21.7 Å². The predicted molar refractivity (Wildman–Crippen MR) is 94.1 cm³/mol. The van der Waals surface area contributed by atoms with Gasteiger partial charge in [0.25, 0.3) is 0 Å². The Bertz CT molecular complexity index is 773. The van der Waals surface area contributed by atoms with Crippen LogP contribution in [-0.4, -0.2) is 47.3 Å². The van der Waals surface area contributed by atoms with Crippen LogP contribution in [0.15, 0.2) is 12.1 Å². The summed E-state index contributed by atoms with van der Waals surface area (Å²) < 4.78 is 40.6. The van der Waals surface area contributed by atoms with Gasteiger partial charge in [-0.2, -0.15) is 0 Å². The Balaban J connectivity index is 2.20. The maximum absolute atomic E-state index is 14.0. The first-order chi connectivity index (χ1) is 13.1. The fourth-order valence-electron chi connectivity index (χ4n) is 3.18. The molecule has 1 aromatic rings. The number of nitrogens with one attached hydrogen (secondary N) is 1. The molecular formula is C18H23F3N4O3. The Morgan fingerprint density at radius 2 is 1.86 bits per heavy atom. The van der Waals surface area contributed by atoms with Gasteiger partial charge >= 0.3 is 0 Å². The van der Waals surface area contributed by atoms with Crippen LogP contribution in [0, 0.1) is 17.5 Å². The van der Waals surface area contributed by atoms with E-state index < -0.39 is 53.3 Å². The van der Waals surface area contributed by atoms with Crippen molar-refractivity contribution in [3.8, 4) is 0 Å². The van der Waals surface area contributed by atoms with Gasteiger partial charge in [0.15, 0.2) is 11.6 Å². The number of carbonyl (C=O) groups is 3. The number of benzene rings is 1. The highest BCUT2D eigenvalue weighted by molar-refractivity contribution is 5.88. The van der Waals surface area contributed by atoms with E-state index in [0.29, 0.717) is 31.5 Å². The fraction of sp³-hybridized carbons (Fsp3) is 0.500. The number of carbonyl (C=O) groups excluding carboxylic acids is 3. The molecule has 1 aliphatic rings. The van der Waals surface area contributed by atoms with E-state index >= 15 is 0 Å². The van der Waals surface area contributed by atoms with Crippen molar-refractivity contribution < 1.29 is 27.6 Å². The molecule has 5 N–H and O–H groups in total. The van der Waals surface area contributed by atoms with Crippen LogP contribution in [-0.2, 0) is 20.8 Å². The van der Waals surface area contributed by atoms with Crippen molar-refractivity contribution in [1.82, 2.24) is 10.2 Å². The van der Waals surface area contributed by atoms with Gasteiger partial charge in [0.05, 0.1) is 6.04 Å². The van der Waals surface area contributed by atoms with Crippen molar-refractivity contribution >= 4 is 17.7 Å². The molecule has 0 bridgehead atoms. The zero-order valence-corrected chi connectivity index (χ0v) is 15.4. The van der Waals surface area contributed by atoms with E-state index in [1.165, 1.54) is 11.8 Å². The number of nitrogens with zero attached hydrogens (tertiary/aromatic N) is 1. The van der Waals surface area contributed by atoms with Crippen molar-refractivity contribution in [3.05, 3.63) is 35.1 Å². The lowest BCUT2D eigenvalue weighted by Crippen LogP contribution is -2.49. The normalized spacial score (nSPS) is 18.6. The number of amides is 3. The lowest BCUT2D eigenvalue weighted by atomic mass is 10.0. The topological polar surface area (TPSA) is 119 Å². The van der Waals surface area contributed by atoms with E-state index in [9.17, 15) is 27.6 Å². The molecule has 28 heavy (non-hydrogen) atoms. The number of rotatable bonds is 7. The molecule has 2 unspecified atom stereocenters. The number of likely N-dealkylation sites (tertiary alicyclic amines) is 1. The lowest BCUT2D eigenvalue weighted by molar-refractivity contribution is -0.138. The average Bonchev–Trinajstić information content (AvgIpc) is 3.09. The zero-order chi connectivity index (χ0) is 21.0. The van der Waals surface area contributed by atoms with Gasteiger partial charge in [-0.15, -0.1) is 0 Å². The molecule has 0 spiro atoms. The molecule has 0 aromatic heterocycles. The first kappa shape index (κ1) is 21.7. The van der Waals surface area contributed by atoms with Crippen molar-refractivity contribution in [1.29, 1.82) is 0 Å². The van der Waals surface area contributed by atoms with Crippen LogP contribution in [0.5, 0.6) is 0 Å². The molecule has 3 atom stereocenters. The second kappa shape index (κ2) is 9.05. The maximum atomic E-state index is 14.0. The third kappa shape index (κ3) is 5.22. The predicted octanol–water partition coefficient (Wildman–Crippen LogP) is 0.345. The quantitative estimate of drug-likeness (QED) is 0.572. The Hall–Kier alpha value is -2.62. The van der Waals surface area contributed by atoms with Gasteiger partial charge in [0, 0.05) is 25.1 Å². The van der Waals surface area contributed by atoms with E-state index in [1.54, 1.807) is 0 Å². The summed E-state index contributed by atoms with van der Waals surface area (Å²) in [6, 6.07) is -1.47. The van der Waals surface area contributed by atoms with Crippen LogP contribution in [0.3, 0.4) is 0 Å². The molecule has 0 saturated carbocycles. The molecule has 0 radical (unpaired) electrons. The fourth-order valence-corrected chi connectivity index (χ4v) is 3.18. The van der Waals surface area contributed by atoms with E-state index in [1.807, 2.05) is 0 Å². The summed E-state index contributed by atoms with van der Waals surface area (Å²) in [4.78, 5) is 37.4. The lowest BCUT2D eigenvalue weighted by Gasteiger charge is -2.26. The van der Waals surface area contributed by atoms with Crippen molar-refractivity contribution in [2.45, 2.75) is 50.7 Å². The molecule has 2 rings (SSSR count). The highest BCUT2D eigenvalue weighted by Crippen LogP contribution is 2.20. The molecule has 3 amide bonds. The van der Waals surface area contributed by atoms with Crippen molar-refractivity contribution in [2.75, 3.05) is 6.54 Å². The highest BCUT2D eigenvalue weighted by atomic mass is 19.2. The summed E-state index contributed by atoms with van der Waals surface area (Å²) in [7, 11) is 0. The second-order valence-electron chi connectivity index (χ2n) is 6.91. The molecule has 7 nitrogen and oxygen atoms in total. The minimum absolute atomic E-state index is 0.199. The van der Waals surface area contributed by atoms with Crippen LogP contribution < -0.4 is 16.8 Å². The van der Waals surface area contributed by atoms with Gasteiger partial charge in [-0.1, -0.05) is 0 Å². The van der Waals surface area contributed by atoms with Crippen LogP contribution in [0.2, 0.25) is 0 Å². The summed E-state index contributed by atoms with van der Waals surface area (Å²) >= 11 is 0. The Kier molecular flexibility index (Phi) is 7.00. The highest BCUT2D eigenvalue weighted by Gasteiger charge is 2.34. The average molecular weight is 400 g/mol. The number of hydrogen-bond acceptors (Lipinski definition) is 4. The number of halogens is 3. The molecule has 1 fully saturated rings. The first-order valence-electron chi connectivity index (χ1n) is 8.88. The van der Waals surface area contributed by atoms with Gasteiger partial charge in [0.1, 0.15) is 11.9 Å². The van der Waals surface area contributed by atoms with Gasteiger partial charge in [-0.05, 0) is 37.8 Å². The van der Waals surface area contributed by atoms with Gasteiger partial charge in [-0.3, -0.25) is 14.4 Å². The van der Waals surface area contributed by atoms with Gasteiger partial charge in [-0.25, -0.2) is 13.2 Å². The molecule has 1 heterocycles. The number of hydrogen-bond donors (Lipinski definition) is 3. The molecule has 1 aliphatic heterocycles. The van der Waals surface area contributed by atoms with E-state index in [-0.39, 0.29) is 18.4 Å². The number of nitrogens with two attached hydrogens (primary N) is 2. The Morgan fingerprint density at radius 1 is 1.21 bits per heavy atom. The molecule has 1 saturated heterocycles. The summed E-state index contributed by atoms with van der Waals surface area (Å²) in [5.41, 5.74) is 10.6. The number of primary amides is 1. The summed E-state index contributed by atoms with van der Waals surface area (Å²) in [6.07, 6.45) is 0.507. The monoisotopic (exact) mass is 400 g/mol. The standard InChI is InChI=1S/C18H23F3N4O3/c1-9(22)18(28)24-11(5-10-6-13(20)14(21)8-12(10)19)7-16(26)25-4-2-3-15(25)17(23)27/h6,8-9,11,15H,2-5,7,22H2,1H3,(H2,23,27)(H,24,28)/t9?,11-,15?/m1/s1. The molecular weight excluding hydrogens is 377 g/mol. The molecule has 0 aliphatic carbocycles. The van der Waals surface area contributed by atoms with E-state index in [2.05, 4.69) is 5.32 Å². The van der Waals surface area contributed by atoms with Crippen LogP contribution >= 0.6 is 0 Å². The Morgan fingerprint density at radius 3 is 2.46 bits per heavy atom. The maximum Gasteiger partial charge on any atom is 0.240 e. The van der Waals surface area contributed by atoms with Crippen molar-refractivity contribution in [3.63, 3.8) is 0 Å². The molecule has 10 heteroatoms. The third-order valence-electron chi connectivity index (χ3n) is 4.64. The van der Waals surface area contributed by atoms with Crippen molar-refractivity contribution in [2.24, 2.45) is 11.5 Å². The van der Waals surface area contributed by atoms with Crippen LogP contribution in [0.4, 0.5) is 13.2 Å². The largest absolute Gasteiger partial charge is 0.368 e. The van der Waals surface area contributed by atoms with Gasteiger partial charge in [0.2, 0.25) is 17.7 Å². The van der Waals surface area contributed by atoms with E-state index in [0.717, 1.165) is 0 Å². The SMILES string of the molecule is CC(N)C(=O)N[C@@H](CC(=O)N1CCCC1C(N)=O)Cc1cc(F)c(F)cc1F. The van der Waals surface area contributed by atoms with Crippen LogP contribution in [0.25, 0.3) is 0 Å². The van der Waals surface area contributed by atoms with Crippen LogP contribution in [0.1, 0.15) is 31.7 Å². The zero-order valence-electron chi connectivity index (χ0n) is 15.4. The summed E-state index contributed by atoms with van der Waals surface area (Å²) in [5, 5.41) is 2.51. The smallest absolute Gasteiger partial charge is 0.240 e. The summed E-state index contributed by atoms with van der Waals surface area (Å²) in [6.45, 7) is 1.76. The summed E-state index contributed by atoms with van der Waals surface area (Å²) in [5.74, 6) is -5.26. The minimum Gasteiger partial charge on any atom is -0.368 e. The Labute approximate surface area is 160 Å². The molecule has 1 aromatic carbocycles. The van der Waals surface area contributed by atoms with E-state index in [4.69, 9.17) is 11.5 Å².